The topological polar surface area (TPSA) is 49.3 Å². The van der Waals surface area contributed by atoms with Crippen LogP contribution in [0.2, 0.25) is 0 Å². The molecular weight excluding hydrogens is 252 g/mol. The zero-order valence-corrected chi connectivity index (χ0v) is 11.8. The Balaban J connectivity index is 2.32. The summed E-state index contributed by atoms with van der Waals surface area (Å²) in [6.45, 7) is 4.66. The van der Waals surface area contributed by atoms with E-state index in [2.05, 4.69) is 9.97 Å². The van der Waals surface area contributed by atoms with Crippen molar-refractivity contribution in [3.05, 3.63) is 41.7 Å². The van der Waals surface area contributed by atoms with Crippen molar-refractivity contribution in [3.63, 3.8) is 0 Å². The Hall–Kier alpha value is -2.43. The molecule has 3 rings (SSSR count). The monoisotopic (exact) mass is 268 g/mol. The van der Waals surface area contributed by atoms with Crippen LogP contribution < -0.4 is 9.80 Å². The summed E-state index contributed by atoms with van der Waals surface area (Å²) in [5.41, 5.74) is 2.30. The van der Waals surface area contributed by atoms with Gasteiger partial charge in [0.1, 0.15) is 5.82 Å². The number of hydrogen-bond acceptors (Lipinski definition) is 4. The quantitative estimate of drug-likeness (QED) is 0.797. The lowest BCUT2D eigenvalue weighted by Gasteiger charge is -2.22. The van der Waals surface area contributed by atoms with Crippen molar-refractivity contribution >= 4 is 23.2 Å². The first-order chi connectivity index (χ1) is 9.63. The van der Waals surface area contributed by atoms with E-state index >= 15 is 0 Å². The summed E-state index contributed by atoms with van der Waals surface area (Å²) in [6.07, 6.45) is 1.74. The van der Waals surface area contributed by atoms with E-state index in [0.29, 0.717) is 17.9 Å². The maximum Gasteiger partial charge on any atom is 0.261 e. The molecule has 0 saturated carbocycles. The highest BCUT2D eigenvalue weighted by Gasteiger charge is 2.29. The summed E-state index contributed by atoms with van der Waals surface area (Å²) in [7, 11) is 1.77. The van der Waals surface area contributed by atoms with Crippen molar-refractivity contribution in [1.82, 2.24) is 9.97 Å². The molecule has 5 nitrogen and oxygen atoms in total. The molecule has 0 atom stereocenters. The number of pyridine rings is 2. The Morgan fingerprint density at radius 1 is 1.20 bits per heavy atom. The Morgan fingerprint density at radius 3 is 2.75 bits per heavy atom. The third-order valence-corrected chi connectivity index (χ3v) is 3.50. The second-order valence-electron chi connectivity index (χ2n) is 4.78. The van der Waals surface area contributed by atoms with Crippen LogP contribution in [0.5, 0.6) is 0 Å². The Labute approximate surface area is 117 Å². The van der Waals surface area contributed by atoms with Crippen LogP contribution in [0.3, 0.4) is 0 Å². The molecule has 2 aromatic heterocycles. The van der Waals surface area contributed by atoms with Crippen molar-refractivity contribution in [2.24, 2.45) is 0 Å². The van der Waals surface area contributed by atoms with Gasteiger partial charge >= 0.3 is 0 Å². The van der Waals surface area contributed by atoms with Gasteiger partial charge in [0.15, 0.2) is 5.82 Å². The minimum atomic E-state index is -0.0577. The first-order valence-electron chi connectivity index (χ1n) is 6.61. The molecule has 0 aromatic carbocycles. The number of nitrogens with zero attached hydrogens (tertiary/aromatic N) is 4. The third-order valence-electron chi connectivity index (χ3n) is 3.50. The Kier molecular flexibility index (Phi) is 2.89. The number of rotatable bonds is 1. The van der Waals surface area contributed by atoms with Gasteiger partial charge in [-0.3, -0.25) is 4.79 Å². The molecule has 3 heterocycles. The van der Waals surface area contributed by atoms with E-state index in [1.807, 2.05) is 43.0 Å². The number of amides is 1. The summed E-state index contributed by atoms with van der Waals surface area (Å²) < 4.78 is 0. The predicted octanol–water partition coefficient (Wildman–Crippen LogP) is 2.53. The number of hydrogen-bond donors (Lipinski definition) is 0. The molecule has 0 radical (unpaired) electrons. The van der Waals surface area contributed by atoms with Gasteiger partial charge in [-0.1, -0.05) is 0 Å². The molecule has 0 spiro atoms. The van der Waals surface area contributed by atoms with Crippen LogP contribution in [0.4, 0.5) is 17.3 Å². The molecule has 0 bridgehead atoms. The standard InChI is InChI=1S/C15H16N4O/c1-4-19-13-11(8-7-10(2)17-13)15(20)18(3)12-6-5-9-16-14(12)19/h5-9H,4H2,1-3H3. The summed E-state index contributed by atoms with van der Waals surface area (Å²) in [5.74, 6) is 1.39. The lowest BCUT2D eigenvalue weighted by molar-refractivity contribution is 0.0994. The number of fused-ring (bicyclic) bond motifs is 2. The van der Waals surface area contributed by atoms with Crippen molar-refractivity contribution < 1.29 is 4.79 Å². The maximum absolute atomic E-state index is 12.6. The van der Waals surface area contributed by atoms with Crippen LogP contribution in [-0.4, -0.2) is 29.5 Å². The van der Waals surface area contributed by atoms with Crippen LogP contribution in [0, 0.1) is 6.92 Å². The molecule has 1 aliphatic rings. The van der Waals surface area contributed by atoms with Crippen LogP contribution >= 0.6 is 0 Å². The van der Waals surface area contributed by atoms with Gasteiger partial charge in [0.2, 0.25) is 0 Å². The second kappa shape index (κ2) is 4.59. The SMILES string of the molecule is CCN1c2nc(C)ccc2C(=O)N(C)c2cccnc21. The van der Waals surface area contributed by atoms with E-state index in [1.165, 1.54) is 0 Å². The van der Waals surface area contributed by atoms with Gasteiger partial charge in [0.05, 0.1) is 11.3 Å². The van der Waals surface area contributed by atoms with Gasteiger partial charge in [0.25, 0.3) is 5.91 Å². The van der Waals surface area contributed by atoms with Gasteiger partial charge in [0, 0.05) is 25.5 Å². The fraction of sp³-hybridized carbons (Fsp3) is 0.267. The number of aromatic nitrogens is 2. The molecule has 1 amide bonds. The number of carbonyl (C=O) groups is 1. The van der Waals surface area contributed by atoms with Crippen LogP contribution in [0.25, 0.3) is 0 Å². The fourth-order valence-electron chi connectivity index (χ4n) is 2.46. The molecule has 102 valence electrons. The number of carbonyl (C=O) groups excluding carboxylic acids is 1. The van der Waals surface area contributed by atoms with E-state index in [9.17, 15) is 4.79 Å². The lowest BCUT2D eigenvalue weighted by atomic mass is 10.2. The lowest BCUT2D eigenvalue weighted by Crippen LogP contribution is -2.25. The second-order valence-corrected chi connectivity index (χ2v) is 4.78. The summed E-state index contributed by atoms with van der Waals surface area (Å²) in [4.78, 5) is 25.2. The molecule has 5 heteroatoms. The van der Waals surface area contributed by atoms with Crippen LogP contribution in [0.15, 0.2) is 30.5 Å². The number of anilines is 3. The highest BCUT2D eigenvalue weighted by Crippen LogP contribution is 2.37. The zero-order chi connectivity index (χ0) is 14.3. The van der Waals surface area contributed by atoms with Gasteiger partial charge in [-0.25, -0.2) is 9.97 Å². The van der Waals surface area contributed by atoms with Crippen molar-refractivity contribution in [2.45, 2.75) is 13.8 Å². The predicted molar refractivity (Wildman–Crippen MR) is 78.6 cm³/mol. The first-order valence-corrected chi connectivity index (χ1v) is 6.61. The van der Waals surface area contributed by atoms with Gasteiger partial charge in [-0.2, -0.15) is 0 Å². The van der Waals surface area contributed by atoms with E-state index < -0.39 is 0 Å². The van der Waals surface area contributed by atoms with E-state index in [4.69, 9.17) is 0 Å². The first kappa shape index (κ1) is 12.6. The fourth-order valence-corrected chi connectivity index (χ4v) is 2.46. The average Bonchev–Trinajstić information content (AvgIpc) is 2.55. The molecule has 0 fully saturated rings. The summed E-state index contributed by atoms with van der Waals surface area (Å²) in [6, 6.07) is 7.44. The highest BCUT2D eigenvalue weighted by atomic mass is 16.2. The molecule has 0 unspecified atom stereocenters. The minimum Gasteiger partial charge on any atom is -0.309 e. The van der Waals surface area contributed by atoms with E-state index in [1.54, 1.807) is 18.1 Å². The zero-order valence-electron chi connectivity index (χ0n) is 11.8. The van der Waals surface area contributed by atoms with Crippen molar-refractivity contribution in [3.8, 4) is 0 Å². The maximum atomic E-state index is 12.6. The third kappa shape index (κ3) is 1.74. The smallest absolute Gasteiger partial charge is 0.261 e. The normalized spacial score (nSPS) is 13.8. The van der Waals surface area contributed by atoms with Crippen molar-refractivity contribution in [2.75, 3.05) is 23.4 Å². The highest BCUT2D eigenvalue weighted by molar-refractivity contribution is 6.12. The molecule has 0 aliphatic carbocycles. The minimum absolute atomic E-state index is 0.0577. The summed E-state index contributed by atoms with van der Waals surface area (Å²) in [5, 5.41) is 0. The summed E-state index contributed by atoms with van der Waals surface area (Å²) >= 11 is 0. The van der Waals surface area contributed by atoms with E-state index in [-0.39, 0.29) is 5.91 Å². The van der Waals surface area contributed by atoms with Crippen LogP contribution in [-0.2, 0) is 0 Å². The largest absolute Gasteiger partial charge is 0.309 e. The average molecular weight is 268 g/mol. The molecule has 0 saturated heterocycles. The molecule has 0 N–H and O–H groups in total. The van der Waals surface area contributed by atoms with Crippen LogP contribution in [0.1, 0.15) is 23.0 Å². The molecule has 2 aromatic rings. The Bertz CT molecular complexity index is 683. The van der Waals surface area contributed by atoms with Gasteiger partial charge in [-0.15, -0.1) is 0 Å². The number of aryl methyl sites for hydroxylation is 1. The van der Waals surface area contributed by atoms with Crippen molar-refractivity contribution in [1.29, 1.82) is 0 Å². The Morgan fingerprint density at radius 2 is 2.00 bits per heavy atom. The molecule has 1 aliphatic heterocycles. The molecular formula is C15H16N4O. The molecule has 20 heavy (non-hydrogen) atoms. The van der Waals surface area contributed by atoms with Gasteiger partial charge < -0.3 is 9.80 Å². The van der Waals surface area contributed by atoms with E-state index in [0.717, 1.165) is 17.2 Å². The van der Waals surface area contributed by atoms with Gasteiger partial charge in [-0.05, 0) is 38.1 Å².